The molecule has 0 aromatic heterocycles. The number of carbonyl (C=O) groups is 1. The smallest absolute Gasteiger partial charge is 0.220 e. The highest BCUT2D eigenvalue weighted by Crippen LogP contribution is 2.19. The Hall–Kier alpha value is -1.50. The predicted octanol–water partition coefficient (Wildman–Crippen LogP) is 3.82. The SMILES string of the molecule is CCCCCCCCCC(=O)N[C@H](CN1CCOCC1)[C@H](O)c1ccc(F)cc1. The van der Waals surface area contributed by atoms with E-state index in [0.717, 1.165) is 25.9 Å². The first kappa shape index (κ1) is 23.8. The van der Waals surface area contributed by atoms with Crippen LogP contribution in [0.2, 0.25) is 0 Å². The number of benzene rings is 1. The van der Waals surface area contributed by atoms with Gasteiger partial charge in [-0.15, -0.1) is 0 Å². The Labute approximate surface area is 174 Å². The molecule has 0 spiro atoms. The van der Waals surface area contributed by atoms with Crippen LogP contribution in [0.5, 0.6) is 0 Å². The monoisotopic (exact) mass is 408 g/mol. The van der Waals surface area contributed by atoms with Crippen LogP contribution in [0.25, 0.3) is 0 Å². The number of morpholine rings is 1. The molecule has 1 saturated heterocycles. The van der Waals surface area contributed by atoms with Crippen molar-refractivity contribution in [1.29, 1.82) is 0 Å². The molecular formula is C23H37FN2O3. The molecule has 1 heterocycles. The van der Waals surface area contributed by atoms with E-state index in [-0.39, 0.29) is 11.7 Å². The zero-order chi connectivity index (χ0) is 20.9. The van der Waals surface area contributed by atoms with Gasteiger partial charge in [-0.25, -0.2) is 4.39 Å². The third-order valence-corrected chi connectivity index (χ3v) is 5.51. The van der Waals surface area contributed by atoms with E-state index in [9.17, 15) is 14.3 Å². The van der Waals surface area contributed by atoms with Crippen molar-refractivity contribution < 1.29 is 19.0 Å². The molecule has 2 rings (SSSR count). The Balaban J connectivity index is 1.85. The highest BCUT2D eigenvalue weighted by molar-refractivity contribution is 5.76. The first-order valence-corrected chi connectivity index (χ1v) is 11.1. The van der Waals surface area contributed by atoms with E-state index >= 15 is 0 Å². The minimum Gasteiger partial charge on any atom is -0.386 e. The maximum Gasteiger partial charge on any atom is 0.220 e. The van der Waals surface area contributed by atoms with Gasteiger partial charge in [0.1, 0.15) is 11.9 Å². The van der Waals surface area contributed by atoms with Crippen molar-refractivity contribution in [1.82, 2.24) is 10.2 Å². The Morgan fingerprint density at radius 2 is 1.72 bits per heavy atom. The lowest BCUT2D eigenvalue weighted by Gasteiger charge is -2.33. The lowest BCUT2D eigenvalue weighted by atomic mass is 10.0. The van der Waals surface area contributed by atoms with Crippen LogP contribution in [0.4, 0.5) is 4.39 Å². The summed E-state index contributed by atoms with van der Waals surface area (Å²) in [4.78, 5) is 14.7. The topological polar surface area (TPSA) is 61.8 Å². The number of nitrogens with zero attached hydrogens (tertiary/aromatic N) is 1. The molecule has 2 N–H and O–H groups in total. The second-order valence-electron chi connectivity index (χ2n) is 7.95. The van der Waals surface area contributed by atoms with Gasteiger partial charge in [-0.05, 0) is 24.1 Å². The summed E-state index contributed by atoms with van der Waals surface area (Å²) in [5.74, 6) is -0.369. The van der Waals surface area contributed by atoms with Crippen LogP contribution in [0.3, 0.4) is 0 Å². The third-order valence-electron chi connectivity index (χ3n) is 5.51. The molecule has 1 aliphatic rings. The number of unbranched alkanes of at least 4 members (excludes halogenated alkanes) is 6. The molecule has 0 unspecified atom stereocenters. The van der Waals surface area contributed by atoms with Gasteiger partial charge in [-0.3, -0.25) is 9.69 Å². The van der Waals surface area contributed by atoms with Gasteiger partial charge in [0, 0.05) is 26.1 Å². The van der Waals surface area contributed by atoms with Crippen LogP contribution in [0.1, 0.15) is 70.0 Å². The van der Waals surface area contributed by atoms with Crippen LogP contribution >= 0.6 is 0 Å². The number of hydrogen-bond donors (Lipinski definition) is 2. The van der Waals surface area contributed by atoms with Crippen molar-refractivity contribution in [2.45, 2.75) is 70.4 Å². The van der Waals surface area contributed by atoms with E-state index in [2.05, 4.69) is 17.1 Å². The number of aliphatic hydroxyl groups excluding tert-OH is 1. The summed E-state index contributed by atoms with van der Waals surface area (Å²) in [5, 5.41) is 13.9. The quantitative estimate of drug-likeness (QED) is 0.487. The summed E-state index contributed by atoms with van der Waals surface area (Å²) in [7, 11) is 0. The first-order chi connectivity index (χ1) is 14.1. The number of hydrogen-bond acceptors (Lipinski definition) is 4. The molecule has 1 aromatic carbocycles. The zero-order valence-electron chi connectivity index (χ0n) is 17.7. The zero-order valence-corrected chi connectivity index (χ0v) is 17.7. The normalized spacial score (nSPS) is 17.1. The summed E-state index contributed by atoms with van der Waals surface area (Å²) in [6, 6.07) is 5.40. The molecule has 0 radical (unpaired) electrons. The Bertz CT molecular complexity index is 576. The molecule has 1 aromatic rings. The molecule has 1 amide bonds. The van der Waals surface area contributed by atoms with E-state index in [0.29, 0.717) is 31.7 Å². The van der Waals surface area contributed by atoms with Crippen LogP contribution in [0.15, 0.2) is 24.3 Å². The molecule has 0 bridgehead atoms. The maximum atomic E-state index is 13.2. The lowest BCUT2D eigenvalue weighted by Crippen LogP contribution is -2.49. The number of aliphatic hydroxyl groups is 1. The van der Waals surface area contributed by atoms with Crippen LogP contribution in [0, 0.1) is 5.82 Å². The second-order valence-corrected chi connectivity index (χ2v) is 7.95. The van der Waals surface area contributed by atoms with Crippen molar-refractivity contribution in [3.8, 4) is 0 Å². The molecule has 6 heteroatoms. The summed E-state index contributed by atoms with van der Waals surface area (Å²) in [5.41, 5.74) is 0.612. The summed E-state index contributed by atoms with van der Waals surface area (Å²) in [6.07, 6.45) is 7.73. The Morgan fingerprint density at radius 1 is 1.10 bits per heavy atom. The number of nitrogens with one attached hydrogen (secondary N) is 1. The fourth-order valence-corrected chi connectivity index (χ4v) is 3.70. The van der Waals surface area contributed by atoms with Gasteiger partial charge in [0.05, 0.1) is 19.3 Å². The number of ether oxygens (including phenoxy) is 1. The van der Waals surface area contributed by atoms with Gasteiger partial charge in [0.2, 0.25) is 5.91 Å². The fraction of sp³-hybridized carbons (Fsp3) is 0.696. The van der Waals surface area contributed by atoms with E-state index in [1.165, 1.54) is 44.2 Å². The van der Waals surface area contributed by atoms with Gasteiger partial charge in [0.15, 0.2) is 0 Å². The second kappa shape index (κ2) is 13.7. The Kier molecular flexibility index (Phi) is 11.2. The van der Waals surface area contributed by atoms with Gasteiger partial charge in [0.25, 0.3) is 0 Å². The molecule has 0 aliphatic carbocycles. The average Bonchev–Trinajstić information content (AvgIpc) is 2.73. The average molecular weight is 409 g/mol. The summed E-state index contributed by atoms with van der Waals surface area (Å²) >= 11 is 0. The molecular weight excluding hydrogens is 371 g/mol. The van der Waals surface area contributed by atoms with Crippen LogP contribution in [-0.2, 0) is 9.53 Å². The number of halogens is 1. The largest absolute Gasteiger partial charge is 0.386 e. The van der Waals surface area contributed by atoms with E-state index in [1.54, 1.807) is 12.1 Å². The van der Waals surface area contributed by atoms with Crippen molar-refractivity contribution in [3.63, 3.8) is 0 Å². The summed E-state index contributed by atoms with van der Waals surface area (Å²) in [6.45, 7) is 5.62. The van der Waals surface area contributed by atoms with Crippen LogP contribution in [-0.4, -0.2) is 54.8 Å². The number of carbonyl (C=O) groups excluding carboxylic acids is 1. The molecule has 164 valence electrons. The minimum absolute atomic E-state index is 0.0296. The van der Waals surface area contributed by atoms with Gasteiger partial charge in [-0.2, -0.15) is 0 Å². The molecule has 2 atom stereocenters. The van der Waals surface area contributed by atoms with Crippen molar-refractivity contribution in [2.75, 3.05) is 32.8 Å². The fourth-order valence-electron chi connectivity index (χ4n) is 3.70. The summed E-state index contributed by atoms with van der Waals surface area (Å²) < 4.78 is 18.6. The number of amides is 1. The molecule has 1 aliphatic heterocycles. The van der Waals surface area contributed by atoms with E-state index in [1.807, 2.05) is 0 Å². The standard InChI is InChI=1S/C23H37FN2O3/c1-2-3-4-5-6-7-8-9-22(27)25-21(18-26-14-16-29-17-15-26)23(28)19-10-12-20(24)13-11-19/h10-13,21,23,28H,2-9,14-18H2,1H3,(H,25,27)/t21-,23-/m1/s1. The van der Waals surface area contributed by atoms with E-state index in [4.69, 9.17) is 4.74 Å². The van der Waals surface area contributed by atoms with Crippen molar-refractivity contribution in [3.05, 3.63) is 35.6 Å². The molecule has 0 saturated carbocycles. The Morgan fingerprint density at radius 3 is 2.38 bits per heavy atom. The maximum absolute atomic E-state index is 13.2. The highest BCUT2D eigenvalue weighted by atomic mass is 19.1. The van der Waals surface area contributed by atoms with E-state index < -0.39 is 12.1 Å². The number of rotatable bonds is 13. The lowest BCUT2D eigenvalue weighted by molar-refractivity contribution is -0.123. The first-order valence-electron chi connectivity index (χ1n) is 11.1. The molecule has 1 fully saturated rings. The molecule has 29 heavy (non-hydrogen) atoms. The van der Waals surface area contributed by atoms with Gasteiger partial charge >= 0.3 is 0 Å². The van der Waals surface area contributed by atoms with Crippen molar-refractivity contribution >= 4 is 5.91 Å². The predicted molar refractivity (Wildman–Crippen MR) is 113 cm³/mol. The molecule has 5 nitrogen and oxygen atoms in total. The minimum atomic E-state index is -0.878. The van der Waals surface area contributed by atoms with Gasteiger partial charge in [-0.1, -0.05) is 57.6 Å². The van der Waals surface area contributed by atoms with Gasteiger partial charge < -0.3 is 15.2 Å². The highest BCUT2D eigenvalue weighted by Gasteiger charge is 2.26. The van der Waals surface area contributed by atoms with Crippen molar-refractivity contribution in [2.24, 2.45) is 0 Å². The third kappa shape index (κ3) is 9.24. The van der Waals surface area contributed by atoms with Crippen LogP contribution < -0.4 is 5.32 Å².